The zero-order chi connectivity index (χ0) is 14.4. The Hall–Kier alpha value is -2.21. The third-order valence-electron chi connectivity index (χ3n) is 3.02. The van der Waals surface area contributed by atoms with E-state index >= 15 is 0 Å². The Kier molecular flexibility index (Phi) is 4.84. The van der Waals surface area contributed by atoms with Crippen molar-refractivity contribution >= 4 is 11.6 Å². The molecule has 0 fully saturated rings. The minimum absolute atomic E-state index is 0.146. The van der Waals surface area contributed by atoms with Gasteiger partial charge in [0.2, 0.25) is 5.91 Å². The van der Waals surface area contributed by atoms with Crippen molar-refractivity contribution in [3.8, 4) is 5.69 Å². The summed E-state index contributed by atoms with van der Waals surface area (Å²) in [6, 6.07) is 6.91. The largest absolute Gasteiger partial charge is 0.325 e. The normalized spacial score (nSPS) is 12.1. The molecule has 1 aromatic heterocycles. The minimum atomic E-state index is -0.454. The molecule has 20 heavy (non-hydrogen) atoms. The highest BCUT2D eigenvalue weighted by molar-refractivity contribution is 5.94. The lowest BCUT2D eigenvalue weighted by Gasteiger charge is -2.12. The number of nitrogens with one attached hydrogen (secondary N) is 1. The standard InChI is InChI=1S/C14H19N5O/c1-2-3-4-13(15)14(20)18-11-5-7-12(8-6-11)19-10-16-9-17-19/h5-10,13H,2-4,15H2,1H3,(H,18,20)/t13-/m0/s1. The summed E-state index contributed by atoms with van der Waals surface area (Å²) in [5.74, 6) is -0.146. The Balaban J connectivity index is 1.95. The van der Waals surface area contributed by atoms with Crippen LogP contribution in [-0.4, -0.2) is 26.7 Å². The van der Waals surface area contributed by atoms with E-state index in [2.05, 4.69) is 22.3 Å². The van der Waals surface area contributed by atoms with Gasteiger partial charge in [-0.25, -0.2) is 9.67 Å². The van der Waals surface area contributed by atoms with Gasteiger partial charge >= 0.3 is 0 Å². The summed E-state index contributed by atoms with van der Waals surface area (Å²) in [7, 11) is 0. The molecule has 0 unspecified atom stereocenters. The molecule has 0 aliphatic rings. The number of aromatic nitrogens is 3. The molecule has 2 rings (SSSR count). The predicted octanol–water partition coefficient (Wildman–Crippen LogP) is 1.72. The summed E-state index contributed by atoms with van der Waals surface area (Å²) in [6.45, 7) is 2.08. The Morgan fingerprint density at radius 3 is 2.75 bits per heavy atom. The average Bonchev–Trinajstić information content (AvgIpc) is 2.99. The number of benzene rings is 1. The van der Waals surface area contributed by atoms with Crippen molar-refractivity contribution in [2.75, 3.05) is 5.32 Å². The fourth-order valence-electron chi connectivity index (χ4n) is 1.83. The molecule has 0 bridgehead atoms. The van der Waals surface area contributed by atoms with Crippen LogP contribution >= 0.6 is 0 Å². The smallest absolute Gasteiger partial charge is 0.241 e. The van der Waals surface area contributed by atoms with Crippen molar-refractivity contribution in [1.82, 2.24) is 14.8 Å². The summed E-state index contributed by atoms with van der Waals surface area (Å²) >= 11 is 0. The second kappa shape index (κ2) is 6.81. The molecule has 1 atom stereocenters. The van der Waals surface area contributed by atoms with Crippen LogP contribution in [0.15, 0.2) is 36.9 Å². The van der Waals surface area contributed by atoms with E-state index in [1.807, 2.05) is 24.3 Å². The van der Waals surface area contributed by atoms with Gasteiger partial charge in [-0.1, -0.05) is 19.8 Å². The molecule has 0 aliphatic heterocycles. The van der Waals surface area contributed by atoms with Crippen LogP contribution in [-0.2, 0) is 4.79 Å². The predicted molar refractivity (Wildman–Crippen MR) is 77.5 cm³/mol. The Morgan fingerprint density at radius 2 is 2.15 bits per heavy atom. The first-order valence-corrected chi connectivity index (χ1v) is 6.72. The number of unbranched alkanes of at least 4 members (excludes halogenated alkanes) is 1. The first-order chi connectivity index (χ1) is 9.70. The van der Waals surface area contributed by atoms with E-state index in [9.17, 15) is 4.79 Å². The van der Waals surface area contributed by atoms with E-state index in [0.717, 1.165) is 24.2 Å². The van der Waals surface area contributed by atoms with Crippen molar-refractivity contribution in [2.24, 2.45) is 5.73 Å². The van der Waals surface area contributed by atoms with Crippen LogP contribution in [0.3, 0.4) is 0 Å². The molecule has 0 aliphatic carbocycles. The highest BCUT2D eigenvalue weighted by Crippen LogP contribution is 2.12. The van der Waals surface area contributed by atoms with E-state index in [0.29, 0.717) is 6.42 Å². The zero-order valence-electron chi connectivity index (χ0n) is 11.5. The number of hydrogen-bond donors (Lipinski definition) is 2. The Morgan fingerprint density at radius 1 is 1.40 bits per heavy atom. The van der Waals surface area contributed by atoms with Crippen LogP contribution in [0.1, 0.15) is 26.2 Å². The number of anilines is 1. The summed E-state index contributed by atoms with van der Waals surface area (Å²) in [5, 5.41) is 6.85. The first kappa shape index (κ1) is 14.2. The van der Waals surface area contributed by atoms with E-state index in [-0.39, 0.29) is 5.91 Å². The van der Waals surface area contributed by atoms with Gasteiger partial charge in [-0.3, -0.25) is 4.79 Å². The third kappa shape index (κ3) is 3.64. The van der Waals surface area contributed by atoms with Gasteiger partial charge in [-0.15, -0.1) is 0 Å². The minimum Gasteiger partial charge on any atom is -0.325 e. The van der Waals surface area contributed by atoms with Crippen molar-refractivity contribution in [1.29, 1.82) is 0 Å². The maximum absolute atomic E-state index is 11.9. The lowest BCUT2D eigenvalue weighted by atomic mass is 10.1. The summed E-state index contributed by atoms with van der Waals surface area (Å²) in [5.41, 5.74) is 7.44. The van der Waals surface area contributed by atoms with Crippen molar-refractivity contribution in [3.63, 3.8) is 0 Å². The maximum atomic E-state index is 11.9. The summed E-state index contributed by atoms with van der Waals surface area (Å²) < 4.78 is 1.65. The van der Waals surface area contributed by atoms with Crippen molar-refractivity contribution < 1.29 is 4.79 Å². The second-order valence-corrected chi connectivity index (χ2v) is 4.62. The highest BCUT2D eigenvalue weighted by atomic mass is 16.2. The van der Waals surface area contributed by atoms with Gasteiger partial charge in [0.05, 0.1) is 11.7 Å². The summed E-state index contributed by atoms with van der Waals surface area (Å²) in [4.78, 5) is 15.8. The van der Waals surface area contributed by atoms with Gasteiger partial charge in [0.25, 0.3) is 0 Å². The molecule has 6 nitrogen and oxygen atoms in total. The number of nitrogens with two attached hydrogens (primary N) is 1. The fraction of sp³-hybridized carbons (Fsp3) is 0.357. The second-order valence-electron chi connectivity index (χ2n) is 4.62. The van der Waals surface area contributed by atoms with E-state index in [1.165, 1.54) is 6.33 Å². The number of carbonyl (C=O) groups is 1. The van der Waals surface area contributed by atoms with Crippen LogP contribution in [0.25, 0.3) is 5.69 Å². The monoisotopic (exact) mass is 273 g/mol. The van der Waals surface area contributed by atoms with Crippen molar-refractivity contribution in [2.45, 2.75) is 32.2 Å². The molecule has 1 amide bonds. The molecule has 0 saturated carbocycles. The summed E-state index contributed by atoms with van der Waals surface area (Å²) in [6.07, 6.45) is 5.80. The molecule has 2 aromatic rings. The Bertz CT molecular complexity index is 535. The molecule has 0 spiro atoms. The van der Waals surface area contributed by atoms with E-state index in [1.54, 1.807) is 11.0 Å². The average molecular weight is 273 g/mol. The number of carbonyl (C=O) groups excluding carboxylic acids is 1. The molecule has 6 heteroatoms. The molecular formula is C14H19N5O. The lowest BCUT2D eigenvalue weighted by Crippen LogP contribution is -2.35. The SMILES string of the molecule is CCCC[C@H](N)C(=O)Nc1ccc(-n2cncn2)cc1. The molecule has 1 heterocycles. The molecule has 0 saturated heterocycles. The van der Waals surface area contributed by atoms with Crippen LogP contribution in [0, 0.1) is 0 Å². The maximum Gasteiger partial charge on any atom is 0.241 e. The molecule has 106 valence electrons. The van der Waals surface area contributed by atoms with Gasteiger partial charge in [0.15, 0.2) is 0 Å². The quantitative estimate of drug-likeness (QED) is 0.839. The molecule has 0 radical (unpaired) electrons. The van der Waals surface area contributed by atoms with Gasteiger partial charge in [-0.2, -0.15) is 5.10 Å². The van der Waals surface area contributed by atoms with Crippen LogP contribution in [0.5, 0.6) is 0 Å². The van der Waals surface area contributed by atoms with Gasteiger partial charge in [0.1, 0.15) is 12.7 Å². The van der Waals surface area contributed by atoms with Crippen molar-refractivity contribution in [3.05, 3.63) is 36.9 Å². The van der Waals surface area contributed by atoms with Crippen LogP contribution < -0.4 is 11.1 Å². The zero-order valence-corrected chi connectivity index (χ0v) is 11.5. The number of nitrogens with zero attached hydrogens (tertiary/aromatic N) is 3. The Labute approximate surface area is 118 Å². The first-order valence-electron chi connectivity index (χ1n) is 6.72. The van der Waals surface area contributed by atoms with Crippen LogP contribution in [0.2, 0.25) is 0 Å². The molecule has 3 N–H and O–H groups in total. The van der Waals surface area contributed by atoms with Gasteiger partial charge < -0.3 is 11.1 Å². The van der Waals surface area contributed by atoms with Gasteiger partial charge in [0, 0.05) is 5.69 Å². The van der Waals surface area contributed by atoms with Crippen LogP contribution in [0.4, 0.5) is 5.69 Å². The highest BCUT2D eigenvalue weighted by Gasteiger charge is 2.12. The topological polar surface area (TPSA) is 85.8 Å². The number of amides is 1. The molecular weight excluding hydrogens is 254 g/mol. The van der Waals surface area contributed by atoms with E-state index < -0.39 is 6.04 Å². The van der Waals surface area contributed by atoms with E-state index in [4.69, 9.17) is 5.73 Å². The number of hydrogen-bond acceptors (Lipinski definition) is 4. The third-order valence-corrected chi connectivity index (χ3v) is 3.02. The van der Waals surface area contributed by atoms with Gasteiger partial charge in [-0.05, 0) is 30.7 Å². The lowest BCUT2D eigenvalue weighted by molar-refractivity contribution is -0.117. The molecule has 1 aromatic carbocycles. The number of rotatable bonds is 6. The fourth-order valence-corrected chi connectivity index (χ4v) is 1.83.